The summed E-state index contributed by atoms with van der Waals surface area (Å²) in [5, 5.41) is -0.364. The van der Waals surface area contributed by atoms with Gasteiger partial charge in [-0.05, 0) is 43.0 Å². The topological polar surface area (TPSA) is 67.6 Å². The molecular formula is C23H15ClFNO4S. The summed E-state index contributed by atoms with van der Waals surface area (Å²) in [6.45, 7) is 1.24. The van der Waals surface area contributed by atoms with Gasteiger partial charge in [0.2, 0.25) is 0 Å². The molecule has 156 valence electrons. The van der Waals surface area contributed by atoms with Gasteiger partial charge in [-0.1, -0.05) is 41.9 Å². The van der Waals surface area contributed by atoms with Gasteiger partial charge < -0.3 is 4.42 Å². The number of carbonyl (C=O) groups is 3. The van der Waals surface area contributed by atoms with Gasteiger partial charge in [0, 0.05) is 27.8 Å². The molecule has 1 fully saturated rings. The van der Waals surface area contributed by atoms with Gasteiger partial charge in [0.25, 0.3) is 11.1 Å². The first kappa shape index (κ1) is 21.1. The quantitative estimate of drug-likeness (QED) is 0.339. The normalized spacial score (nSPS) is 15.2. The molecule has 1 aliphatic heterocycles. The third-order valence-electron chi connectivity index (χ3n) is 4.73. The summed E-state index contributed by atoms with van der Waals surface area (Å²) in [6, 6.07) is 14.5. The highest BCUT2D eigenvalue weighted by Crippen LogP contribution is 2.35. The van der Waals surface area contributed by atoms with Crippen LogP contribution < -0.4 is 0 Å². The van der Waals surface area contributed by atoms with Crippen molar-refractivity contribution >= 4 is 46.4 Å². The Bertz CT molecular complexity index is 1210. The highest BCUT2D eigenvalue weighted by Gasteiger charge is 2.36. The number of hydrogen-bond acceptors (Lipinski definition) is 5. The van der Waals surface area contributed by atoms with Gasteiger partial charge in [0.15, 0.2) is 5.78 Å². The number of thioether (sulfide) groups is 1. The standard InChI is InChI=1S/C23H15ClFNO4S/c1-13(27)14-5-7-15(8-6-14)20-10-9-16(30-20)11-21-22(28)26(23(29)31-21)12-17-18(24)3-2-4-19(17)25/h2-11H,12H2,1H3/b21-11-. The summed E-state index contributed by atoms with van der Waals surface area (Å²) in [6.07, 6.45) is 1.47. The number of amides is 2. The van der Waals surface area contributed by atoms with Gasteiger partial charge in [-0.25, -0.2) is 4.39 Å². The fourth-order valence-electron chi connectivity index (χ4n) is 3.06. The van der Waals surface area contributed by atoms with Gasteiger partial charge in [0.1, 0.15) is 17.3 Å². The van der Waals surface area contributed by atoms with Crippen molar-refractivity contribution in [2.75, 3.05) is 0 Å². The molecule has 0 spiro atoms. The molecule has 2 amide bonds. The molecule has 2 heterocycles. The number of benzene rings is 2. The monoisotopic (exact) mass is 455 g/mol. The molecule has 0 atom stereocenters. The Morgan fingerprint density at radius 3 is 2.55 bits per heavy atom. The van der Waals surface area contributed by atoms with Crippen LogP contribution in [0.15, 0.2) is 63.9 Å². The maximum Gasteiger partial charge on any atom is 0.293 e. The Labute approximate surface area is 186 Å². The van der Waals surface area contributed by atoms with Crippen LogP contribution in [0.5, 0.6) is 0 Å². The molecule has 0 saturated carbocycles. The smallest absolute Gasteiger partial charge is 0.293 e. The maximum absolute atomic E-state index is 14.0. The molecule has 5 nitrogen and oxygen atoms in total. The lowest BCUT2D eigenvalue weighted by molar-refractivity contribution is -0.123. The molecule has 0 unspecified atom stereocenters. The molecule has 0 aliphatic carbocycles. The van der Waals surface area contributed by atoms with Crippen LogP contribution in [0.2, 0.25) is 5.02 Å². The van der Waals surface area contributed by atoms with Crippen LogP contribution in [0.4, 0.5) is 9.18 Å². The second-order valence-corrected chi connectivity index (χ2v) is 8.20. The molecule has 0 bridgehead atoms. The average Bonchev–Trinajstić information content (AvgIpc) is 3.30. The Morgan fingerprint density at radius 2 is 1.87 bits per heavy atom. The highest BCUT2D eigenvalue weighted by atomic mass is 35.5. The van der Waals surface area contributed by atoms with Crippen molar-refractivity contribution in [3.8, 4) is 11.3 Å². The van der Waals surface area contributed by atoms with E-state index in [-0.39, 0.29) is 27.8 Å². The van der Waals surface area contributed by atoms with Gasteiger partial charge >= 0.3 is 0 Å². The molecule has 0 N–H and O–H groups in total. The van der Waals surface area contributed by atoms with E-state index in [9.17, 15) is 18.8 Å². The third kappa shape index (κ3) is 4.33. The predicted molar refractivity (Wildman–Crippen MR) is 117 cm³/mol. The van der Waals surface area contributed by atoms with E-state index in [0.29, 0.717) is 17.1 Å². The predicted octanol–water partition coefficient (Wildman–Crippen LogP) is 6.18. The van der Waals surface area contributed by atoms with E-state index in [2.05, 4.69) is 0 Å². The van der Waals surface area contributed by atoms with Crippen molar-refractivity contribution in [1.29, 1.82) is 0 Å². The summed E-state index contributed by atoms with van der Waals surface area (Å²) in [4.78, 5) is 37.6. The molecule has 31 heavy (non-hydrogen) atoms. The van der Waals surface area contributed by atoms with Crippen molar-refractivity contribution in [1.82, 2.24) is 4.90 Å². The highest BCUT2D eigenvalue weighted by molar-refractivity contribution is 8.18. The Morgan fingerprint density at radius 1 is 1.13 bits per heavy atom. The van der Waals surface area contributed by atoms with Crippen LogP contribution in [0.25, 0.3) is 17.4 Å². The molecule has 4 rings (SSSR count). The number of hydrogen-bond donors (Lipinski definition) is 0. The molecule has 3 aromatic rings. The van der Waals surface area contributed by atoms with E-state index in [4.69, 9.17) is 16.0 Å². The van der Waals surface area contributed by atoms with Crippen molar-refractivity contribution in [3.63, 3.8) is 0 Å². The first-order valence-electron chi connectivity index (χ1n) is 9.23. The lowest BCUT2D eigenvalue weighted by Crippen LogP contribution is -2.28. The van der Waals surface area contributed by atoms with Crippen LogP contribution in [0, 0.1) is 5.82 Å². The zero-order chi connectivity index (χ0) is 22.1. The first-order chi connectivity index (χ1) is 14.8. The SMILES string of the molecule is CC(=O)c1ccc(-c2ccc(/C=C3\SC(=O)N(Cc4c(F)cccc4Cl)C3=O)o2)cc1. The van der Waals surface area contributed by atoms with Crippen molar-refractivity contribution in [3.05, 3.63) is 87.2 Å². The minimum atomic E-state index is -0.581. The molecular weight excluding hydrogens is 441 g/mol. The molecule has 8 heteroatoms. The zero-order valence-electron chi connectivity index (χ0n) is 16.2. The second-order valence-electron chi connectivity index (χ2n) is 6.80. The third-order valence-corrected chi connectivity index (χ3v) is 5.99. The number of Topliss-reactive ketones (excluding diaryl/α,β-unsaturated/α-hetero) is 1. The summed E-state index contributed by atoms with van der Waals surface area (Å²) in [7, 11) is 0. The van der Waals surface area contributed by atoms with E-state index in [1.165, 1.54) is 31.2 Å². The minimum absolute atomic E-state index is 0.0286. The van der Waals surface area contributed by atoms with E-state index in [1.54, 1.807) is 36.4 Å². The Kier molecular flexibility index (Phi) is 5.80. The fraction of sp³-hybridized carbons (Fsp3) is 0.0870. The lowest BCUT2D eigenvalue weighted by atomic mass is 10.1. The maximum atomic E-state index is 14.0. The van der Waals surface area contributed by atoms with Crippen molar-refractivity contribution in [2.45, 2.75) is 13.5 Å². The average molecular weight is 456 g/mol. The van der Waals surface area contributed by atoms with Gasteiger partial charge in [-0.2, -0.15) is 0 Å². The Balaban J connectivity index is 1.54. The summed E-state index contributed by atoms with van der Waals surface area (Å²) in [5.41, 5.74) is 1.45. The summed E-state index contributed by atoms with van der Waals surface area (Å²) in [5.74, 6) is -0.210. The van der Waals surface area contributed by atoms with Crippen LogP contribution >= 0.6 is 23.4 Å². The lowest BCUT2D eigenvalue weighted by Gasteiger charge is -2.14. The first-order valence-corrected chi connectivity index (χ1v) is 10.4. The number of rotatable bonds is 5. The zero-order valence-corrected chi connectivity index (χ0v) is 17.8. The van der Waals surface area contributed by atoms with Crippen LogP contribution in [0.1, 0.15) is 28.6 Å². The molecule has 2 aromatic carbocycles. The van der Waals surface area contributed by atoms with E-state index in [0.717, 1.165) is 22.2 Å². The summed E-state index contributed by atoms with van der Waals surface area (Å²) >= 11 is 6.77. The van der Waals surface area contributed by atoms with Gasteiger partial charge in [0.05, 0.1) is 11.4 Å². The molecule has 0 radical (unpaired) electrons. The minimum Gasteiger partial charge on any atom is -0.457 e. The molecule has 1 aromatic heterocycles. The Hall–Kier alpha value is -3.16. The second kappa shape index (κ2) is 8.53. The van der Waals surface area contributed by atoms with Crippen LogP contribution in [-0.2, 0) is 11.3 Å². The van der Waals surface area contributed by atoms with Gasteiger partial charge in [-0.3, -0.25) is 19.3 Å². The number of nitrogens with zero attached hydrogens (tertiary/aromatic N) is 1. The van der Waals surface area contributed by atoms with Crippen LogP contribution in [-0.4, -0.2) is 21.8 Å². The number of furan rings is 1. The molecule has 1 aliphatic rings. The number of halogens is 2. The number of ketones is 1. The summed E-state index contributed by atoms with van der Waals surface area (Å²) < 4.78 is 19.8. The molecule has 1 saturated heterocycles. The fourth-order valence-corrected chi connectivity index (χ4v) is 4.10. The van der Waals surface area contributed by atoms with Crippen LogP contribution in [0.3, 0.4) is 0 Å². The number of carbonyl (C=O) groups excluding carboxylic acids is 3. The van der Waals surface area contributed by atoms with E-state index >= 15 is 0 Å². The largest absolute Gasteiger partial charge is 0.457 e. The van der Waals surface area contributed by atoms with Crippen molar-refractivity contribution < 1.29 is 23.2 Å². The van der Waals surface area contributed by atoms with Crippen molar-refractivity contribution in [2.24, 2.45) is 0 Å². The van der Waals surface area contributed by atoms with Gasteiger partial charge in [-0.15, -0.1) is 0 Å². The van der Waals surface area contributed by atoms with E-state index < -0.39 is 17.0 Å². The van der Waals surface area contributed by atoms with E-state index in [1.807, 2.05) is 0 Å². The number of imide groups is 1.